The first kappa shape index (κ1) is 14.2. The molecule has 0 aromatic heterocycles. The average molecular weight is 252 g/mol. The summed E-state index contributed by atoms with van der Waals surface area (Å²) in [6, 6.07) is 4.53. The second-order valence-corrected chi connectivity index (χ2v) is 4.25. The van der Waals surface area contributed by atoms with Crippen molar-refractivity contribution in [3.05, 3.63) is 35.6 Å². The summed E-state index contributed by atoms with van der Waals surface area (Å²) in [6.45, 7) is 3.72. The highest BCUT2D eigenvalue weighted by Crippen LogP contribution is 2.09. The maximum atomic E-state index is 13.0. The molecule has 1 rings (SSSR count). The van der Waals surface area contributed by atoms with Crippen LogP contribution in [-0.2, 0) is 4.79 Å². The van der Waals surface area contributed by atoms with Gasteiger partial charge in [-0.1, -0.05) is 26.3 Å². The Morgan fingerprint density at radius 2 is 2.11 bits per heavy atom. The van der Waals surface area contributed by atoms with Crippen LogP contribution in [-0.4, -0.2) is 17.9 Å². The first-order valence-corrected chi connectivity index (χ1v) is 5.81. The number of nitrogens with two attached hydrogens (primary N) is 1. The molecule has 0 fully saturated rings. The molecule has 1 aromatic carbocycles. The van der Waals surface area contributed by atoms with Gasteiger partial charge >= 0.3 is 0 Å². The van der Waals surface area contributed by atoms with Gasteiger partial charge in [0.1, 0.15) is 11.9 Å². The number of primary amides is 1. The van der Waals surface area contributed by atoms with Gasteiger partial charge in [0.05, 0.1) is 0 Å². The number of carbonyl (C=O) groups excluding carboxylic acids is 2. The molecule has 0 heterocycles. The minimum Gasteiger partial charge on any atom is -0.368 e. The summed E-state index contributed by atoms with van der Waals surface area (Å²) in [5, 5.41) is 2.53. The quantitative estimate of drug-likeness (QED) is 0.832. The van der Waals surface area contributed by atoms with E-state index in [-0.39, 0.29) is 11.5 Å². The highest BCUT2D eigenvalue weighted by atomic mass is 19.1. The fraction of sp³-hybridized carbons (Fsp3) is 0.385. The Bertz CT molecular complexity index is 448. The summed E-state index contributed by atoms with van der Waals surface area (Å²) >= 11 is 0. The molecule has 2 amide bonds. The van der Waals surface area contributed by atoms with Gasteiger partial charge in [0.15, 0.2) is 0 Å². The lowest BCUT2D eigenvalue weighted by Crippen LogP contribution is -2.48. The Morgan fingerprint density at radius 3 is 2.61 bits per heavy atom. The molecule has 5 heteroatoms. The summed E-state index contributed by atoms with van der Waals surface area (Å²) in [6.07, 6.45) is 0.705. The molecule has 4 nitrogen and oxygen atoms in total. The first-order chi connectivity index (χ1) is 8.45. The minimum absolute atomic E-state index is 0.0694. The van der Waals surface area contributed by atoms with Gasteiger partial charge in [-0.3, -0.25) is 9.59 Å². The van der Waals surface area contributed by atoms with E-state index in [4.69, 9.17) is 5.73 Å². The lowest BCUT2D eigenvalue weighted by atomic mass is 9.98. The summed E-state index contributed by atoms with van der Waals surface area (Å²) in [4.78, 5) is 23.1. The number of carbonyl (C=O) groups is 2. The monoisotopic (exact) mass is 252 g/mol. The standard InChI is InChI=1S/C13H17FN2O2/c1-3-8(2)11(12(15)17)16-13(18)9-5-4-6-10(14)7-9/h4-8,11H,3H2,1-2H3,(H2,15,17)(H,16,18)/t8-,11+/m1/s1. The largest absolute Gasteiger partial charge is 0.368 e. The van der Waals surface area contributed by atoms with E-state index in [1.54, 1.807) is 0 Å². The van der Waals surface area contributed by atoms with Gasteiger partial charge in [-0.25, -0.2) is 4.39 Å². The van der Waals surface area contributed by atoms with Crippen LogP contribution >= 0.6 is 0 Å². The topological polar surface area (TPSA) is 72.2 Å². The summed E-state index contributed by atoms with van der Waals surface area (Å²) in [5.41, 5.74) is 5.41. The molecule has 18 heavy (non-hydrogen) atoms. The Balaban J connectivity index is 2.82. The van der Waals surface area contributed by atoms with Crippen molar-refractivity contribution in [3.8, 4) is 0 Å². The van der Waals surface area contributed by atoms with Gasteiger partial charge in [0.2, 0.25) is 5.91 Å². The second kappa shape index (κ2) is 6.14. The normalized spacial score (nSPS) is 13.7. The molecule has 0 aliphatic heterocycles. The number of benzene rings is 1. The number of rotatable bonds is 5. The second-order valence-electron chi connectivity index (χ2n) is 4.25. The molecular formula is C13H17FN2O2. The molecule has 0 spiro atoms. The van der Waals surface area contributed by atoms with Gasteiger partial charge in [-0.05, 0) is 24.1 Å². The Kier molecular flexibility index (Phi) is 4.83. The van der Waals surface area contributed by atoms with Crippen molar-refractivity contribution in [2.75, 3.05) is 0 Å². The van der Waals surface area contributed by atoms with E-state index in [1.807, 2.05) is 13.8 Å². The fourth-order valence-corrected chi connectivity index (χ4v) is 1.58. The van der Waals surface area contributed by atoms with E-state index in [2.05, 4.69) is 5.32 Å². The number of hydrogen-bond donors (Lipinski definition) is 2. The van der Waals surface area contributed by atoms with Crippen molar-refractivity contribution in [2.45, 2.75) is 26.3 Å². The van der Waals surface area contributed by atoms with Crippen LogP contribution in [0.5, 0.6) is 0 Å². The van der Waals surface area contributed by atoms with Crippen LogP contribution in [0, 0.1) is 11.7 Å². The predicted octanol–water partition coefficient (Wildman–Crippen LogP) is 1.46. The van der Waals surface area contributed by atoms with Crippen molar-refractivity contribution in [3.63, 3.8) is 0 Å². The van der Waals surface area contributed by atoms with Crippen molar-refractivity contribution in [1.29, 1.82) is 0 Å². The molecule has 0 radical (unpaired) electrons. The van der Waals surface area contributed by atoms with Gasteiger partial charge in [0.25, 0.3) is 5.91 Å². The van der Waals surface area contributed by atoms with Crippen molar-refractivity contribution in [1.82, 2.24) is 5.32 Å². The van der Waals surface area contributed by atoms with Crippen LogP contribution in [0.1, 0.15) is 30.6 Å². The molecule has 0 aliphatic rings. The molecule has 1 aromatic rings. The van der Waals surface area contributed by atoms with Crippen LogP contribution < -0.4 is 11.1 Å². The Morgan fingerprint density at radius 1 is 1.44 bits per heavy atom. The van der Waals surface area contributed by atoms with Gasteiger partial charge in [-0.2, -0.15) is 0 Å². The molecule has 0 aliphatic carbocycles. The van der Waals surface area contributed by atoms with E-state index < -0.39 is 23.7 Å². The number of nitrogens with one attached hydrogen (secondary N) is 1. The van der Waals surface area contributed by atoms with Crippen LogP contribution in [0.2, 0.25) is 0 Å². The first-order valence-electron chi connectivity index (χ1n) is 5.81. The summed E-state index contributed by atoms with van der Waals surface area (Å²) < 4.78 is 13.0. The molecule has 0 saturated heterocycles. The third-order valence-electron chi connectivity index (χ3n) is 2.89. The number of hydrogen-bond acceptors (Lipinski definition) is 2. The third kappa shape index (κ3) is 3.55. The minimum atomic E-state index is -0.745. The van der Waals surface area contributed by atoms with Gasteiger partial charge in [0, 0.05) is 5.56 Å². The van der Waals surface area contributed by atoms with E-state index in [0.29, 0.717) is 6.42 Å². The maximum absolute atomic E-state index is 13.0. The van der Waals surface area contributed by atoms with E-state index in [0.717, 1.165) is 6.07 Å². The predicted molar refractivity (Wildman–Crippen MR) is 66.3 cm³/mol. The van der Waals surface area contributed by atoms with Crippen LogP contribution in [0.3, 0.4) is 0 Å². The van der Waals surface area contributed by atoms with Gasteiger partial charge < -0.3 is 11.1 Å². The van der Waals surface area contributed by atoms with E-state index in [1.165, 1.54) is 18.2 Å². The van der Waals surface area contributed by atoms with Crippen LogP contribution in [0.25, 0.3) is 0 Å². The Labute approximate surface area is 105 Å². The lowest BCUT2D eigenvalue weighted by Gasteiger charge is -2.21. The molecule has 2 atom stereocenters. The van der Waals surface area contributed by atoms with E-state index in [9.17, 15) is 14.0 Å². The summed E-state index contributed by atoms with van der Waals surface area (Å²) in [5.74, 6) is -1.66. The van der Waals surface area contributed by atoms with E-state index >= 15 is 0 Å². The SMILES string of the molecule is CC[C@@H](C)[C@H](NC(=O)c1cccc(F)c1)C(N)=O. The van der Waals surface area contributed by atoms with Crippen LogP contribution in [0.4, 0.5) is 4.39 Å². The highest BCUT2D eigenvalue weighted by molar-refractivity contribution is 5.97. The summed E-state index contributed by atoms with van der Waals surface area (Å²) in [7, 11) is 0. The molecule has 0 saturated carbocycles. The molecular weight excluding hydrogens is 235 g/mol. The van der Waals surface area contributed by atoms with Gasteiger partial charge in [-0.15, -0.1) is 0 Å². The zero-order chi connectivity index (χ0) is 13.7. The molecule has 0 bridgehead atoms. The van der Waals surface area contributed by atoms with Crippen molar-refractivity contribution < 1.29 is 14.0 Å². The highest BCUT2D eigenvalue weighted by Gasteiger charge is 2.24. The fourth-order valence-electron chi connectivity index (χ4n) is 1.58. The number of amides is 2. The zero-order valence-electron chi connectivity index (χ0n) is 10.4. The molecule has 0 unspecified atom stereocenters. The lowest BCUT2D eigenvalue weighted by molar-refractivity contribution is -0.120. The Hall–Kier alpha value is -1.91. The molecule has 98 valence electrons. The zero-order valence-corrected chi connectivity index (χ0v) is 10.4. The van der Waals surface area contributed by atoms with Crippen molar-refractivity contribution >= 4 is 11.8 Å². The average Bonchev–Trinajstić information content (AvgIpc) is 2.34. The molecule has 3 N–H and O–H groups in total. The van der Waals surface area contributed by atoms with Crippen molar-refractivity contribution in [2.24, 2.45) is 11.7 Å². The third-order valence-corrected chi connectivity index (χ3v) is 2.89. The maximum Gasteiger partial charge on any atom is 0.252 e. The number of halogens is 1. The van der Waals surface area contributed by atoms with Crippen LogP contribution in [0.15, 0.2) is 24.3 Å². The smallest absolute Gasteiger partial charge is 0.252 e.